The van der Waals surface area contributed by atoms with Crippen molar-refractivity contribution in [1.29, 1.82) is 0 Å². The number of carbonyl (C=O) groups is 1. The quantitative estimate of drug-likeness (QED) is 0.935. The van der Waals surface area contributed by atoms with Crippen molar-refractivity contribution in [2.75, 3.05) is 27.2 Å². The van der Waals surface area contributed by atoms with E-state index in [0.717, 1.165) is 13.0 Å². The third-order valence-corrected chi connectivity index (χ3v) is 5.33. The van der Waals surface area contributed by atoms with Gasteiger partial charge in [-0.05, 0) is 43.1 Å². The SMILES string of the molecule is CN(C)C(CNC(=O)N1CCc2ccccc2C1)c1cccs1. The van der Waals surface area contributed by atoms with Crippen LogP contribution in [0.4, 0.5) is 4.79 Å². The highest BCUT2D eigenvalue weighted by atomic mass is 32.1. The number of thiophene rings is 1. The minimum Gasteiger partial charge on any atom is -0.336 e. The van der Waals surface area contributed by atoms with E-state index in [0.29, 0.717) is 13.1 Å². The molecule has 0 aliphatic carbocycles. The van der Waals surface area contributed by atoms with Gasteiger partial charge >= 0.3 is 6.03 Å². The second kappa shape index (κ2) is 7.15. The second-order valence-electron chi connectivity index (χ2n) is 6.12. The maximum Gasteiger partial charge on any atom is 0.317 e. The Balaban J connectivity index is 1.59. The largest absolute Gasteiger partial charge is 0.336 e. The highest BCUT2D eigenvalue weighted by Crippen LogP contribution is 2.23. The minimum atomic E-state index is 0.0305. The van der Waals surface area contributed by atoms with Gasteiger partial charge in [-0.15, -0.1) is 11.3 Å². The van der Waals surface area contributed by atoms with E-state index < -0.39 is 0 Å². The van der Waals surface area contributed by atoms with Crippen molar-refractivity contribution in [3.8, 4) is 0 Å². The molecule has 122 valence electrons. The second-order valence-corrected chi connectivity index (χ2v) is 7.10. The fourth-order valence-corrected chi connectivity index (χ4v) is 3.91. The van der Waals surface area contributed by atoms with Gasteiger partial charge in [-0.3, -0.25) is 0 Å². The molecule has 2 amide bonds. The Morgan fingerprint density at radius 1 is 1.26 bits per heavy atom. The summed E-state index contributed by atoms with van der Waals surface area (Å²) in [6.45, 7) is 2.12. The Hall–Kier alpha value is -1.85. The molecule has 1 atom stereocenters. The summed E-state index contributed by atoms with van der Waals surface area (Å²) in [6.07, 6.45) is 0.936. The Morgan fingerprint density at radius 3 is 2.74 bits per heavy atom. The van der Waals surface area contributed by atoms with Crippen LogP contribution in [0.5, 0.6) is 0 Å². The standard InChI is InChI=1S/C18H23N3OS/c1-20(2)16(17-8-5-11-23-17)12-19-18(22)21-10-9-14-6-3-4-7-15(14)13-21/h3-8,11,16H,9-10,12-13H2,1-2H3,(H,19,22). The number of likely N-dealkylation sites (N-methyl/N-ethyl adjacent to an activating group) is 1. The van der Waals surface area contributed by atoms with Gasteiger partial charge in [-0.1, -0.05) is 30.3 Å². The first-order valence-corrected chi connectivity index (χ1v) is 8.82. The highest BCUT2D eigenvalue weighted by molar-refractivity contribution is 7.10. The predicted molar refractivity (Wildman–Crippen MR) is 94.7 cm³/mol. The first-order valence-electron chi connectivity index (χ1n) is 7.94. The van der Waals surface area contributed by atoms with Gasteiger partial charge in [0.25, 0.3) is 0 Å². The average molecular weight is 329 g/mol. The lowest BCUT2D eigenvalue weighted by Gasteiger charge is -2.30. The predicted octanol–water partition coefficient (Wildman–Crippen LogP) is 3.12. The number of rotatable bonds is 4. The minimum absolute atomic E-state index is 0.0305. The van der Waals surface area contributed by atoms with Crippen LogP contribution in [0, 0.1) is 0 Å². The summed E-state index contributed by atoms with van der Waals surface area (Å²) in [5.41, 5.74) is 2.62. The molecule has 0 saturated heterocycles. The molecule has 1 aliphatic rings. The van der Waals surface area contributed by atoms with Gasteiger partial charge in [0, 0.05) is 24.5 Å². The van der Waals surface area contributed by atoms with E-state index in [1.807, 2.05) is 25.1 Å². The molecule has 1 N–H and O–H groups in total. The molecular formula is C18H23N3OS. The number of fused-ring (bicyclic) bond motifs is 1. The van der Waals surface area contributed by atoms with E-state index in [2.05, 4.69) is 45.9 Å². The molecule has 1 aliphatic heterocycles. The molecule has 0 radical (unpaired) electrons. The van der Waals surface area contributed by atoms with Gasteiger partial charge in [-0.2, -0.15) is 0 Å². The summed E-state index contributed by atoms with van der Waals surface area (Å²) in [5, 5.41) is 5.18. The van der Waals surface area contributed by atoms with Gasteiger partial charge in [0.2, 0.25) is 0 Å². The maximum atomic E-state index is 12.5. The monoisotopic (exact) mass is 329 g/mol. The smallest absolute Gasteiger partial charge is 0.317 e. The van der Waals surface area contributed by atoms with Crippen molar-refractivity contribution < 1.29 is 4.79 Å². The van der Waals surface area contributed by atoms with Crippen LogP contribution in [0.3, 0.4) is 0 Å². The number of amides is 2. The third kappa shape index (κ3) is 3.74. The molecule has 0 spiro atoms. The Morgan fingerprint density at radius 2 is 2.04 bits per heavy atom. The average Bonchev–Trinajstić information content (AvgIpc) is 3.08. The molecule has 2 aromatic rings. The Kier molecular flexibility index (Phi) is 4.98. The first kappa shape index (κ1) is 16.0. The number of carbonyl (C=O) groups excluding carboxylic acids is 1. The summed E-state index contributed by atoms with van der Waals surface area (Å²) < 4.78 is 0. The fourth-order valence-electron chi connectivity index (χ4n) is 2.98. The number of hydrogen-bond acceptors (Lipinski definition) is 3. The summed E-state index contributed by atoms with van der Waals surface area (Å²) >= 11 is 1.73. The molecule has 1 aromatic carbocycles. The van der Waals surface area contributed by atoms with Crippen molar-refractivity contribution in [1.82, 2.24) is 15.1 Å². The Bertz CT molecular complexity index is 654. The Labute approximate surface area is 141 Å². The summed E-state index contributed by atoms with van der Waals surface area (Å²) in [5.74, 6) is 0. The van der Waals surface area contributed by atoms with Crippen LogP contribution < -0.4 is 5.32 Å². The van der Waals surface area contributed by atoms with Crippen molar-refractivity contribution in [2.45, 2.75) is 19.0 Å². The van der Waals surface area contributed by atoms with Crippen LogP contribution in [0.15, 0.2) is 41.8 Å². The molecule has 4 nitrogen and oxygen atoms in total. The molecule has 3 rings (SSSR count). The zero-order chi connectivity index (χ0) is 16.2. The molecule has 23 heavy (non-hydrogen) atoms. The van der Waals surface area contributed by atoms with Gasteiger partial charge in [0.15, 0.2) is 0 Å². The third-order valence-electron chi connectivity index (χ3n) is 4.36. The zero-order valence-corrected chi connectivity index (χ0v) is 14.5. The van der Waals surface area contributed by atoms with Crippen molar-refractivity contribution in [2.24, 2.45) is 0 Å². The number of benzene rings is 1. The van der Waals surface area contributed by atoms with E-state index in [9.17, 15) is 4.79 Å². The molecule has 2 heterocycles. The van der Waals surface area contributed by atoms with Crippen LogP contribution in [0.1, 0.15) is 22.0 Å². The van der Waals surface area contributed by atoms with E-state index in [-0.39, 0.29) is 12.1 Å². The number of urea groups is 1. The van der Waals surface area contributed by atoms with Gasteiger partial charge in [0.1, 0.15) is 0 Å². The van der Waals surface area contributed by atoms with Crippen molar-refractivity contribution >= 4 is 17.4 Å². The molecule has 0 saturated carbocycles. The molecule has 1 unspecified atom stereocenters. The van der Waals surface area contributed by atoms with Crippen molar-refractivity contribution in [3.05, 3.63) is 57.8 Å². The van der Waals surface area contributed by atoms with Crippen LogP contribution >= 0.6 is 11.3 Å². The molecular weight excluding hydrogens is 306 g/mol. The molecule has 0 fully saturated rings. The van der Waals surface area contributed by atoms with Gasteiger partial charge in [-0.25, -0.2) is 4.79 Å². The fraction of sp³-hybridized carbons (Fsp3) is 0.389. The van der Waals surface area contributed by atoms with Crippen LogP contribution in [0.2, 0.25) is 0 Å². The van der Waals surface area contributed by atoms with E-state index in [4.69, 9.17) is 0 Å². The molecule has 5 heteroatoms. The zero-order valence-electron chi connectivity index (χ0n) is 13.7. The van der Waals surface area contributed by atoms with Crippen LogP contribution in [-0.2, 0) is 13.0 Å². The lowest BCUT2D eigenvalue weighted by atomic mass is 10.0. The lowest BCUT2D eigenvalue weighted by Crippen LogP contribution is -2.45. The normalized spacial score (nSPS) is 15.3. The van der Waals surface area contributed by atoms with E-state index >= 15 is 0 Å². The van der Waals surface area contributed by atoms with E-state index in [1.54, 1.807) is 11.3 Å². The summed E-state index contributed by atoms with van der Waals surface area (Å²) in [7, 11) is 4.10. The lowest BCUT2D eigenvalue weighted by molar-refractivity contribution is 0.187. The molecule has 0 bridgehead atoms. The van der Waals surface area contributed by atoms with Gasteiger partial charge < -0.3 is 15.1 Å². The summed E-state index contributed by atoms with van der Waals surface area (Å²) in [4.78, 5) is 17.8. The van der Waals surface area contributed by atoms with E-state index in [1.165, 1.54) is 16.0 Å². The number of nitrogens with zero attached hydrogens (tertiary/aromatic N) is 2. The van der Waals surface area contributed by atoms with Crippen LogP contribution in [0.25, 0.3) is 0 Å². The molecule has 1 aromatic heterocycles. The number of nitrogens with one attached hydrogen (secondary N) is 1. The highest BCUT2D eigenvalue weighted by Gasteiger charge is 2.22. The number of hydrogen-bond donors (Lipinski definition) is 1. The maximum absolute atomic E-state index is 12.5. The first-order chi connectivity index (χ1) is 11.1. The summed E-state index contributed by atoms with van der Waals surface area (Å²) in [6, 6.07) is 12.8. The van der Waals surface area contributed by atoms with Gasteiger partial charge in [0.05, 0.1) is 6.04 Å². The topological polar surface area (TPSA) is 35.6 Å². The van der Waals surface area contributed by atoms with Crippen LogP contribution in [-0.4, -0.2) is 43.0 Å². The van der Waals surface area contributed by atoms with Crippen molar-refractivity contribution in [3.63, 3.8) is 0 Å².